The molecular weight excluding hydrogens is 374 g/mol. The van der Waals surface area contributed by atoms with Crippen LogP contribution in [0.15, 0.2) is 24.3 Å². The van der Waals surface area contributed by atoms with E-state index in [2.05, 4.69) is 18.6 Å². The van der Waals surface area contributed by atoms with Crippen LogP contribution < -0.4 is 22.0 Å². The molecular formula is C18H28ClN3O3S. The van der Waals surface area contributed by atoms with Crippen LogP contribution in [0, 0.1) is 11.8 Å². The minimum absolute atomic E-state index is 0. The van der Waals surface area contributed by atoms with Gasteiger partial charge in [-0.25, -0.2) is 8.42 Å². The Balaban J connectivity index is 0.00000243. The summed E-state index contributed by atoms with van der Waals surface area (Å²) in [7, 11) is -3.30. The Bertz CT molecular complexity index is 723. The molecule has 1 aromatic rings. The topological polar surface area (TPSA) is 70.9 Å². The van der Waals surface area contributed by atoms with Gasteiger partial charge in [0.2, 0.25) is 10.0 Å². The van der Waals surface area contributed by atoms with Gasteiger partial charge in [-0.2, -0.15) is 0 Å². The van der Waals surface area contributed by atoms with Crippen LogP contribution in [0.4, 0.5) is 5.69 Å². The van der Waals surface area contributed by atoms with Crippen molar-refractivity contribution in [2.45, 2.75) is 26.3 Å². The highest BCUT2D eigenvalue weighted by Crippen LogP contribution is 2.25. The molecule has 0 aliphatic carbocycles. The van der Waals surface area contributed by atoms with E-state index >= 15 is 0 Å². The fourth-order valence-corrected chi connectivity index (χ4v) is 4.72. The molecule has 2 unspecified atom stereocenters. The zero-order chi connectivity index (χ0) is 18.2. The lowest BCUT2D eigenvalue weighted by Crippen LogP contribution is -3.17. The van der Waals surface area contributed by atoms with E-state index in [1.54, 1.807) is 29.2 Å². The number of hydrogen-bond donors (Lipinski definition) is 2. The van der Waals surface area contributed by atoms with Gasteiger partial charge in [0.15, 0.2) is 0 Å². The smallest absolute Gasteiger partial charge is 0.253 e. The number of carbonyl (C=O) groups excluding carboxylic acids is 1. The molecule has 2 saturated heterocycles. The minimum atomic E-state index is -3.30. The minimum Gasteiger partial charge on any atom is -1.00 e. The predicted octanol–water partition coefficient (Wildman–Crippen LogP) is -2.55. The molecule has 2 aliphatic rings. The molecule has 146 valence electrons. The van der Waals surface area contributed by atoms with E-state index < -0.39 is 10.0 Å². The number of nitrogens with zero attached hydrogens (tertiary/aromatic N) is 1. The number of benzene rings is 1. The van der Waals surface area contributed by atoms with E-state index in [-0.39, 0.29) is 18.3 Å². The number of carbonyl (C=O) groups is 1. The number of hydrogen-bond acceptors (Lipinski definition) is 3. The van der Waals surface area contributed by atoms with Crippen molar-refractivity contribution >= 4 is 21.6 Å². The number of sulfonamides is 1. The summed E-state index contributed by atoms with van der Waals surface area (Å²) in [6.07, 6.45) is 2.35. The number of rotatable bonds is 4. The van der Waals surface area contributed by atoms with Gasteiger partial charge in [-0.15, -0.1) is 0 Å². The first-order valence-corrected chi connectivity index (χ1v) is 10.8. The fourth-order valence-electron chi connectivity index (χ4n) is 4.15. The molecule has 1 amide bonds. The number of amides is 1. The van der Waals surface area contributed by atoms with E-state index in [1.807, 2.05) is 4.90 Å². The van der Waals surface area contributed by atoms with Crippen molar-refractivity contribution < 1.29 is 30.5 Å². The van der Waals surface area contributed by atoms with Gasteiger partial charge in [-0.1, -0.05) is 0 Å². The second-order valence-corrected chi connectivity index (χ2v) is 9.60. The summed E-state index contributed by atoms with van der Waals surface area (Å²) in [6.45, 7) is 8.49. The Labute approximate surface area is 162 Å². The monoisotopic (exact) mass is 401 g/mol. The highest BCUT2D eigenvalue weighted by molar-refractivity contribution is 7.92. The van der Waals surface area contributed by atoms with Crippen LogP contribution in [-0.2, 0) is 10.0 Å². The van der Waals surface area contributed by atoms with Crippen LogP contribution in [0.2, 0.25) is 0 Å². The van der Waals surface area contributed by atoms with Crippen molar-refractivity contribution in [3.05, 3.63) is 29.8 Å². The third-order valence-electron chi connectivity index (χ3n) is 5.26. The molecule has 2 N–H and O–H groups in total. The number of anilines is 1. The summed E-state index contributed by atoms with van der Waals surface area (Å²) in [5.41, 5.74) is 1.10. The zero-order valence-electron chi connectivity index (χ0n) is 15.5. The molecule has 8 heteroatoms. The lowest BCUT2D eigenvalue weighted by atomic mass is 9.84. The lowest BCUT2D eigenvalue weighted by Gasteiger charge is -2.44. The van der Waals surface area contributed by atoms with Crippen molar-refractivity contribution in [1.82, 2.24) is 4.90 Å². The molecule has 2 heterocycles. The van der Waals surface area contributed by atoms with E-state index in [4.69, 9.17) is 0 Å². The molecule has 26 heavy (non-hydrogen) atoms. The summed E-state index contributed by atoms with van der Waals surface area (Å²) in [6, 6.07) is 7.33. The third-order valence-corrected chi connectivity index (χ3v) is 5.87. The maximum Gasteiger partial charge on any atom is 0.253 e. The largest absolute Gasteiger partial charge is 1.00 e. The molecule has 0 radical (unpaired) electrons. The number of nitrogens with one attached hydrogen (secondary N) is 2. The summed E-state index contributed by atoms with van der Waals surface area (Å²) >= 11 is 0. The fraction of sp³-hybridized carbons (Fsp3) is 0.611. The van der Waals surface area contributed by atoms with Gasteiger partial charge in [0, 0.05) is 36.2 Å². The van der Waals surface area contributed by atoms with Gasteiger partial charge >= 0.3 is 0 Å². The van der Waals surface area contributed by atoms with E-state index in [0.717, 1.165) is 32.4 Å². The van der Waals surface area contributed by atoms with Crippen molar-refractivity contribution in [1.29, 1.82) is 0 Å². The van der Waals surface area contributed by atoms with Crippen LogP contribution in [0.25, 0.3) is 0 Å². The zero-order valence-corrected chi connectivity index (χ0v) is 17.1. The summed E-state index contributed by atoms with van der Waals surface area (Å²) in [5.74, 6) is 1.22. The Morgan fingerprint density at radius 2 is 1.69 bits per heavy atom. The third kappa shape index (κ3) is 5.11. The Morgan fingerprint density at radius 1 is 1.15 bits per heavy atom. The van der Waals surface area contributed by atoms with E-state index in [9.17, 15) is 13.2 Å². The first-order valence-electron chi connectivity index (χ1n) is 8.93. The second kappa shape index (κ2) is 8.15. The van der Waals surface area contributed by atoms with Gasteiger partial charge in [0.25, 0.3) is 5.91 Å². The van der Waals surface area contributed by atoms with Crippen LogP contribution in [-0.4, -0.2) is 57.7 Å². The van der Waals surface area contributed by atoms with Gasteiger partial charge in [0.05, 0.1) is 25.4 Å². The normalized spacial score (nSPS) is 25.5. The molecule has 0 spiro atoms. The SMILES string of the molecule is CC(C)[NH+]1CC2CC(CN(C(=O)c3ccc(NS(C)(=O)=O)cc3)C2)C1.[Cl-]. The van der Waals surface area contributed by atoms with Crippen LogP contribution in [0.1, 0.15) is 30.6 Å². The number of likely N-dealkylation sites (tertiary alicyclic amines) is 2. The van der Waals surface area contributed by atoms with Gasteiger partial charge in [-0.05, 0) is 44.5 Å². The Hall–Kier alpha value is -1.31. The second-order valence-electron chi connectivity index (χ2n) is 7.85. The summed E-state index contributed by atoms with van der Waals surface area (Å²) in [5, 5.41) is 0. The molecule has 2 atom stereocenters. The van der Waals surface area contributed by atoms with Crippen LogP contribution in [0.3, 0.4) is 0 Å². The maximum absolute atomic E-state index is 12.8. The van der Waals surface area contributed by atoms with Crippen molar-refractivity contribution in [2.24, 2.45) is 11.8 Å². The van der Waals surface area contributed by atoms with E-state index in [0.29, 0.717) is 29.1 Å². The van der Waals surface area contributed by atoms with E-state index in [1.165, 1.54) is 6.42 Å². The standard InChI is InChI=1S/C18H27N3O3S.ClH/c1-13(2)20-9-14-8-15(10-20)12-21(11-14)18(22)16-4-6-17(7-5-16)19-25(3,23)24;/h4-7,13-15,19H,8-12H2,1-3H3;1H. The van der Waals surface area contributed by atoms with Gasteiger partial charge in [-0.3, -0.25) is 9.52 Å². The highest BCUT2D eigenvalue weighted by atomic mass is 35.5. The van der Waals surface area contributed by atoms with Crippen molar-refractivity contribution in [2.75, 3.05) is 37.2 Å². The number of halogens is 1. The number of piperidine rings is 2. The van der Waals surface area contributed by atoms with Crippen LogP contribution >= 0.6 is 0 Å². The Morgan fingerprint density at radius 3 is 2.15 bits per heavy atom. The van der Waals surface area contributed by atoms with Crippen molar-refractivity contribution in [3.63, 3.8) is 0 Å². The van der Waals surface area contributed by atoms with Crippen molar-refractivity contribution in [3.8, 4) is 0 Å². The molecule has 2 fully saturated rings. The highest BCUT2D eigenvalue weighted by Gasteiger charge is 2.39. The first-order chi connectivity index (χ1) is 11.7. The van der Waals surface area contributed by atoms with Crippen LogP contribution in [0.5, 0.6) is 0 Å². The molecule has 6 nitrogen and oxygen atoms in total. The average Bonchev–Trinajstić information content (AvgIpc) is 2.52. The molecule has 3 rings (SSSR count). The maximum atomic E-state index is 12.8. The molecule has 2 bridgehead atoms. The molecule has 0 aromatic heterocycles. The predicted molar refractivity (Wildman–Crippen MR) is 98.2 cm³/mol. The quantitative estimate of drug-likeness (QED) is 0.583. The average molecular weight is 402 g/mol. The molecule has 0 saturated carbocycles. The van der Waals surface area contributed by atoms with Gasteiger partial charge in [0.1, 0.15) is 0 Å². The summed E-state index contributed by atoms with van der Waals surface area (Å²) in [4.78, 5) is 16.5. The van der Waals surface area contributed by atoms with Gasteiger partial charge < -0.3 is 22.2 Å². The Kier molecular flexibility index (Phi) is 6.58. The molecule has 1 aromatic carbocycles. The summed E-state index contributed by atoms with van der Waals surface area (Å²) < 4.78 is 24.9. The lowest BCUT2D eigenvalue weighted by molar-refractivity contribution is -0.934. The molecule has 2 aliphatic heterocycles. The number of fused-ring (bicyclic) bond motifs is 2. The number of quaternary nitrogens is 1. The first kappa shape index (κ1) is 21.0.